The Labute approximate surface area is 811 Å². The van der Waals surface area contributed by atoms with Crippen molar-refractivity contribution in [1.29, 1.82) is 0 Å². The van der Waals surface area contributed by atoms with E-state index in [1.807, 2.05) is 193 Å². The van der Waals surface area contributed by atoms with E-state index in [1.54, 1.807) is 122 Å². The van der Waals surface area contributed by atoms with Gasteiger partial charge in [-0.15, -0.1) is 0 Å². The predicted molar refractivity (Wildman–Crippen MR) is 528 cm³/mol. The first-order valence-electron chi connectivity index (χ1n) is 44.2. The zero-order chi connectivity index (χ0) is 101. The van der Waals surface area contributed by atoms with Gasteiger partial charge in [-0.1, -0.05) is 91.0 Å². The van der Waals surface area contributed by atoms with Crippen molar-refractivity contribution in [2.45, 2.75) is 76.6 Å². The maximum atomic E-state index is 11.3. The summed E-state index contributed by atoms with van der Waals surface area (Å²) in [5, 5.41) is 129. The molecule has 5 amide bonds. The van der Waals surface area contributed by atoms with Gasteiger partial charge in [-0.2, -0.15) is 0 Å². The number of hydrogen-bond acceptors (Lipinski definition) is 29. The number of carbonyl (C=O) groups excluding carboxylic acids is 5. The fourth-order valence-electron chi connectivity index (χ4n) is 14.9. The zero-order valence-corrected chi connectivity index (χ0v) is 76.8. The predicted octanol–water partition coefficient (Wildman–Crippen LogP) is 9.02. The number of aliphatic hydroxyl groups is 9. The number of pyridine rings is 2. The molecule has 7 aromatic heterocycles. The molecule has 0 fully saturated rings. The van der Waals surface area contributed by atoms with E-state index in [-0.39, 0.29) is 52.6 Å². The number of aromatic nitrogens is 12. The highest BCUT2D eigenvalue weighted by Crippen LogP contribution is 2.37. The SMILES string of the molecule is COc1cc(-c2nc3cc(/C=C/C(=O)NO)ccc3n2CC(O)CO)ccc1OCc1ccccc1.COc1ccc(-c2nc3cc(/C=C/C(=O)NO)ccc3n2CC(O)CO)cc1.O=C(/C=C/c1ccc2c(c1)nc(-c1ccncc1)n2CC(O)CO)NO.O=C(/C=C/c1ccc2c(c1)nc(-c1ccncc1)n2CCO)NO.O=C(/C=C/c1ccc2c(c1)nc(CCc1ccccc1)n2CC(O)CO)NO. The molecular weight excluding hydrogens is 1830 g/mol. The van der Waals surface area contributed by atoms with Gasteiger partial charge in [0.25, 0.3) is 29.5 Å². The lowest BCUT2D eigenvalue weighted by atomic mass is 10.1. The number of aryl methyl sites for hydroxylation is 2. The van der Waals surface area contributed by atoms with Gasteiger partial charge in [0.2, 0.25) is 0 Å². The van der Waals surface area contributed by atoms with Crippen LogP contribution in [-0.4, -0.2) is 231 Å². The van der Waals surface area contributed by atoms with Crippen LogP contribution in [0.5, 0.6) is 17.2 Å². The summed E-state index contributed by atoms with van der Waals surface area (Å²) in [4.78, 5) is 87.3. The van der Waals surface area contributed by atoms with E-state index >= 15 is 0 Å². The Kier molecular flexibility index (Phi) is 38.5. The topological polar surface area (TPSA) is 571 Å². The highest BCUT2D eigenvalue weighted by atomic mass is 16.5. The van der Waals surface area contributed by atoms with E-state index in [0.717, 1.165) is 113 Å². The molecule has 0 aliphatic rings. The Morgan fingerprint density at radius 2 is 0.648 bits per heavy atom. The number of carbonyl (C=O) groups is 5. The van der Waals surface area contributed by atoms with Gasteiger partial charge in [0.15, 0.2) is 11.5 Å². The first-order valence-corrected chi connectivity index (χ1v) is 44.2. The van der Waals surface area contributed by atoms with Crippen molar-refractivity contribution < 1.29 is 110 Å². The lowest BCUT2D eigenvalue weighted by Crippen LogP contribution is -2.21. The number of methoxy groups -OCH3 is 2. The number of benzene rings is 9. The minimum absolute atomic E-state index is 0.00185. The van der Waals surface area contributed by atoms with Crippen molar-refractivity contribution in [3.63, 3.8) is 0 Å². The van der Waals surface area contributed by atoms with Crippen molar-refractivity contribution in [3.05, 3.63) is 318 Å². The molecule has 0 spiro atoms. The summed E-state index contributed by atoms with van der Waals surface area (Å²) in [6.45, 7) is 0.119. The van der Waals surface area contributed by atoms with Crippen LogP contribution in [-0.2, 0) is 76.1 Å². The number of rotatable bonds is 36. The van der Waals surface area contributed by atoms with Crippen molar-refractivity contribution in [2.24, 2.45) is 0 Å². The second-order valence-corrected chi connectivity index (χ2v) is 31.5. The van der Waals surface area contributed by atoms with E-state index in [4.69, 9.17) is 50.2 Å². The molecule has 39 nitrogen and oxygen atoms in total. The lowest BCUT2D eigenvalue weighted by molar-refractivity contribution is -0.124. The van der Waals surface area contributed by atoms with Gasteiger partial charge >= 0.3 is 0 Å². The van der Waals surface area contributed by atoms with Crippen molar-refractivity contribution in [1.82, 2.24) is 85.1 Å². The summed E-state index contributed by atoms with van der Waals surface area (Å²) in [5.41, 5.74) is 24.4. The molecule has 0 radical (unpaired) electrons. The standard InChI is InChI=1S/C27H27N3O6.C21H23N3O4.C20H21N3O5.C18H18N4O4.C17H16N4O3/c1-35-25-14-20(9-11-24(25)36-17-19-5-3-2-4-6-19)27-28-22-13-18(8-12-26(33)29-34)7-10-23(22)30(27)15-21(32)16-31;25-14-17(26)13-24-19-9-6-16(8-11-21(27)23-28)12-18(19)22-20(24)10-7-15-4-2-1-3-5-15;1-28-16-6-4-14(5-7-16)20-21-17-10-13(3-9-19(26)22-27)2-8-18(17)23(20)11-15(25)12-24;23-11-14(24)10-22-16-3-1-12(2-4-17(25)21-26)9-15(16)20-18(22)13-5-7-19-8-6-13;22-10-9-21-15-3-1-12(2-4-16(23)20-24)11-14(15)19-17(21)13-5-7-18-8-6-13/h2-14,21,31-32,34H,15-17H2,1H3,(H,29,33);1-6,8-9,11-12,17,25-26,28H,7,10,13-14H2,(H,23,27);2-10,15,24-25,27H,11-12H2,1H3,(H,22,26);1-9,14,23-24,26H,10-11H2,(H,21,25);1-8,11,22,24H,9-10H2,(H,20,23)/b12-8+;11-8+;9-3+;2*4-2+. The molecule has 4 atom stereocenters. The van der Waals surface area contributed by atoms with Gasteiger partial charge in [0.1, 0.15) is 41.5 Å². The number of nitrogens with zero attached hydrogens (tertiary/aromatic N) is 12. The number of amides is 5. The Morgan fingerprint density at radius 1 is 0.331 bits per heavy atom. The normalized spacial score (nSPS) is 12.2. The van der Waals surface area contributed by atoms with E-state index < -0.39 is 60.6 Å². The summed E-state index contributed by atoms with van der Waals surface area (Å²) >= 11 is 0. The molecule has 9 aromatic carbocycles. The Bertz CT molecular complexity index is 7090. The fraction of sp³-hybridized carbons (Fsp3) is 0.184. The van der Waals surface area contributed by atoms with Crippen molar-refractivity contribution in [3.8, 4) is 62.8 Å². The second-order valence-electron chi connectivity index (χ2n) is 31.5. The molecular formula is C103H105N17O22. The monoisotopic (exact) mass is 1930 g/mol. The molecule has 16 aromatic rings. The number of nitrogens with one attached hydrogen (secondary N) is 5. The van der Waals surface area contributed by atoms with Gasteiger partial charge < -0.3 is 83.0 Å². The number of hydroxylamine groups is 5. The molecule has 19 N–H and O–H groups in total. The van der Waals surface area contributed by atoms with Crippen molar-refractivity contribution in [2.75, 3.05) is 47.3 Å². The Hall–Kier alpha value is -16.5. The van der Waals surface area contributed by atoms with Gasteiger partial charge in [-0.05, 0) is 203 Å². The summed E-state index contributed by atoms with van der Waals surface area (Å²) in [6.07, 6.45) is 18.4. The summed E-state index contributed by atoms with van der Waals surface area (Å²) in [7, 11) is 3.15. The van der Waals surface area contributed by atoms with Crippen LogP contribution in [0.3, 0.4) is 0 Å². The quantitative estimate of drug-likeness (QED) is 0.00988. The third-order valence-electron chi connectivity index (χ3n) is 21.7. The number of aliphatic hydroxyl groups excluding tert-OH is 9. The highest BCUT2D eigenvalue weighted by molar-refractivity contribution is 5.96. The number of fused-ring (bicyclic) bond motifs is 5. The first-order chi connectivity index (χ1) is 69.0. The van der Waals surface area contributed by atoms with Gasteiger partial charge in [0, 0.05) is 90.4 Å². The summed E-state index contributed by atoms with van der Waals surface area (Å²) in [5.74, 6) is 2.14. The molecule has 0 bridgehead atoms. The third kappa shape index (κ3) is 28.4. The number of hydrogen-bond donors (Lipinski definition) is 19. The molecule has 0 saturated heterocycles. The average Bonchev–Trinajstić information content (AvgIpc) is 1.63. The minimum Gasteiger partial charge on any atom is -0.497 e. The molecule has 142 heavy (non-hydrogen) atoms. The first kappa shape index (κ1) is 104. The Balaban J connectivity index is 0.000000160. The molecule has 4 unspecified atom stereocenters. The number of ether oxygens (including phenoxy) is 3. The molecule has 0 aliphatic heterocycles. The Morgan fingerprint density at radius 3 is 0.993 bits per heavy atom. The van der Waals surface area contributed by atoms with Crippen LogP contribution in [0.2, 0.25) is 0 Å². The zero-order valence-electron chi connectivity index (χ0n) is 76.8. The molecule has 16 rings (SSSR count). The molecule has 7 heterocycles. The summed E-state index contributed by atoms with van der Waals surface area (Å²) < 4.78 is 26.1. The van der Waals surface area contributed by atoms with Crippen LogP contribution in [0.1, 0.15) is 44.8 Å². The van der Waals surface area contributed by atoms with Crippen LogP contribution in [0.4, 0.5) is 0 Å². The van der Waals surface area contributed by atoms with Crippen LogP contribution in [0, 0.1) is 0 Å². The smallest absolute Gasteiger partial charge is 0.267 e. The molecule has 39 heteroatoms. The largest absolute Gasteiger partial charge is 0.497 e. The van der Waals surface area contributed by atoms with E-state index in [0.29, 0.717) is 70.7 Å². The molecule has 0 saturated carbocycles. The van der Waals surface area contributed by atoms with Gasteiger partial charge in [-0.25, -0.2) is 52.3 Å². The number of imidazole rings is 5. The van der Waals surface area contributed by atoms with Crippen LogP contribution < -0.4 is 41.6 Å². The maximum Gasteiger partial charge on any atom is 0.267 e. The highest BCUT2D eigenvalue weighted by Gasteiger charge is 2.23. The van der Waals surface area contributed by atoms with Gasteiger partial charge in [-0.3, -0.25) is 60.0 Å². The molecule has 734 valence electrons. The minimum atomic E-state index is -0.982. The van der Waals surface area contributed by atoms with Gasteiger partial charge in [0.05, 0.1) is 153 Å². The average molecular weight is 1930 g/mol. The second kappa shape index (κ2) is 52.3. The van der Waals surface area contributed by atoms with E-state index in [2.05, 4.69) is 37.1 Å². The van der Waals surface area contributed by atoms with Crippen LogP contribution in [0.15, 0.2) is 274 Å². The van der Waals surface area contributed by atoms with Crippen LogP contribution in [0.25, 0.3) is 131 Å². The van der Waals surface area contributed by atoms with Crippen LogP contribution >= 0.6 is 0 Å². The van der Waals surface area contributed by atoms with E-state index in [1.165, 1.54) is 46.9 Å². The lowest BCUT2D eigenvalue weighted by Gasteiger charge is -2.15. The molecule has 0 aliphatic carbocycles. The third-order valence-corrected chi connectivity index (χ3v) is 21.7. The van der Waals surface area contributed by atoms with Crippen molar-refractivity contribution >= 4 is 115 Å². The maximum absolute atomic E-state index is 11.3. The van der Waals surface area contributed by atoms with E-state index in [9.17, 15) is 69.9 Å². The summed E-state index contributed by atoms with van der Waals surface area (Å²) in [6, 6.07) is 67.5. The fourth-order valence-corrected chi connectivity index (χ4v) is 14.9.